The van der Waals surface area contributed by atoms with Gasteiger partial charge in [0.25, 0.3) is 0 Å². The van der Waals surface area contributed by atoms with Crippen LogP contribution < -0.4 is 5.73 Å². The van der Waals surface area contributed by atoms with E-state index < -0.39 is 6.04 Å². The number of hydrogen-bond acceptors (Lipinski definition) is 3. The number of benzene rings is 1. The number of carbonyl (C=O) groups excluding carboxylic acids is 1. The van der Waals surface area contributed by atoms with Crippen LogP contribution in [0.2, 0.25) is 5.02 Å². The lowest BCUT2D eigenvalue weighted by Crippen LogP contribution is -2.17. The molecule has 1 aromatic rings. The van der Waals surface area contributed by atoms with E-state index in [0.29, 0.717) is 11.6 Å². The highest BCUT2D eigenvalue weighted by Crippen LogP contribution is 2.24. The van der Waals surface area contributed by atoms with Crippen LogP contribution in [0.5, 0.6) is 0 Å². The highest BCUT2D eigenvalue weighted by molar-refractivity contribution is 9.10. The first-order valence-corrected chi connectivity index (χ1v) is 6.07. The van der Waals surface area contributed by atoms with E-state index in [1.54, 1.807) is 19.1 Å². The number of ether oxygens (including phenoxy) is 1. The zero-order chi connectivity index (χ0) is 12.1. The number of carbonyl (C=O) groups is 1. The SMILES string of the molecule is CCOC(=O)C[C@@H](N)c1cc(Cl)cc(Br)c1. The molecule has 2 N–H and O–H groups in total. The fraction of sp³-hybridized carbons (Fsp3) is 0.364. The van der Waals surface area contributed by atoms with Crippen molar-refractivity contribution < 1.29 is 9.53 Å². The van der Waals surface area contributed by atoms with Crippen molar-refractivity contribution in [3.8, 4) is 0 Å². The monoisotopic (exact) mass is 305 g/mol. The summed E-state index contributed by atoms with van der Waals surface area (Å²) < 4.78 is 5.67. The normalized spacial score (nSPS) is 12.2. The van der Waals surface area contributed by atoms with Gasteiger partial charge in [0, 0.05) is 15.5 Å². The predicted octanol–water partition coefficient (Wildman–Crippen LogP) is 3.06. The van der Waals surface area contributed by atoms with Crippen LogP contribution in [-0.4, -0.2) is 12.6 Å². The van der Waals surface area contributed by atoms with Gasteiger partial charge in [0.1, 0.15) is 0 Å². The molecule has 0 spiro atoms. The highest BCUT2D eigenvalue weighted by Gasteiger charge is 2.13. The predicted molar refractivity (Wildman–Crippen MR) is 67.3 cm³/mol. The second-order valence-electron chi connectivity index (χ2n) is 3.32. The second-order valence-corrected chi connectivity index (χ2v) is 4.67. The number of nitrogens with two attached hydrogens (primary N) is 1. The number of esters is 1. The molecule has 0 fully saturated rings. The van der Waals surface area contributed by atoms with Gasteiger partial charge in [-0.2, -0.15) is 0 Å². The zero-order valence-corrected chi connectivity index (χ0v) is 11.2. The fourth-order valence-electron chi connectivity index (χ4n) is 1.31. The molecule has 0 unspecified atom stereocenters. The maximum atomic E-state index is 11.2. The summed E-state index contributed by atoms with van der Waals surface area (Å²) in [7, 11) is 0. The Labute approximate surface area is 108 Å². The zero-order valence-electron chi connectivity index (χ0n) is 8.87. The molecule has 0 radical (unpaired) electrons. The summed E-state index contributed by atoms with van der Waals surface area (Å²) in [5, 5.41) is 0.587. The lowest BCUT2D eigenvalue weighted by Gasteiger charge is -2.12. The third kappa shape index (κ3) is 4.12. The van der Waals surface area contributed by atoms with Crippen molar-refractivity contribution in [2.24, 2.45) is 5.73 Å². The summed E-state index contributed by atoms with van der Waals surface area (Å²) in [6.45, 7) is 2.13. The first-order chi connectivity index (χ1) is 7.52. The van der Waals surface area contributed by atoms with Gasteiger partial charge in [-0.15, -0.1) is 0 Å². The van der Waals surface area contributed by atoms with E-state index in [9.17, 15) is 4.79 Å². The van der Waals surface area contributed by atoms with Gasteiger partial charge < -0.3 is 10.5 Å². The molecule has 0 aliphatic carbocycles. The average Bonchev–Trinajstić information content (AvgIpc) is 2.16. The maximum Gasteiger partial charge on any atom is 0.307 e. The van der Waals surface area contributed by atoms with Crippen molar-refractivity contribution in [3.05, 3.63) is 33.3 Å². The molecule has 1 atom stereocenters. The molecule has 0 saturated heterocycles. The Bertz CT molecular complexity index is 364. The summed E-state index contributed by atoms with van der Waals surface area (Å²) >= 11 is 9.21. The van der Waals surface area contributed by atoms with Gasteiger partial charge in [0.05, 0.1) is 13.0 Å². The number of rotatable bonds is 4. The van der Waals surface area contributed by atoms with E-state index in [4.69, 9.17) is 22.1 Å². The van der Waals surface area contributed by atoms with Crippen molar-refractivity contribution in [2.45, 2.75) is 19.4 Å². The van der Waals surface area contributed by atoms with Gasteiger partial charge in [-0.25, -0.2) is 0 Å². The third-order valence-electron chi connectivity index (χ3n) is 2.00. The first kappa shape index (κ1) is 13.5. The Hall–Kier alpha value is -0.580. The van der Waals surface area contributed by atoms with Crippen LogP contribution in [0, 0.1) is 0 Å². The summed E-state index contributed by atoms with van der Waals surface area (Å²) in [5.74, 6) is -0.300. The molecule has 0 bridgehead atoms. The van der Waals surface area contributed by atoms with Gasteiger partial charge in [0.15, 0.2) is 0 Å². The van der Waals surface area contributed by atoms with E-state index in [-0.39, 0.29) is 12.4 Å². The van der Waals surface area contributed by atoms with Crippen LogP contribution >= 0.6 is 27.5 Å². The maximum absolute atomic E-state index is 11.2. The molecule has 0 aliphatic rings. The van der Waals surface area contributed by atoms with Crippen LogP contribution in [-0.2, 0) is 9.53 Å². The molecule has 88 valence electrons. The van der Waals surface area contributed by atoms with Gasteiger partial charge in [-0.3, -0.25) is 4.79 Å². The summed E-state index contributed by atoms with van der Waals surface area (Å²) in [6, 6.07) is 4.96. The van der Waals surface area contributed by atoms with E-state index in [1.807, 2.05) is 6.07 Å². The highest BCUT2D eigenvalue weighted by atomic mass is 79.9. The molecule has 0 aliphatic heterocycles. The molecule has 0 heterocycles. The van der Waals surface area contributed by atoms with E-state index >= 15 is 0 Å². The van der Waals surface area contributed by atoms with Gasteiger partial charge in [0.2, 0.25) is 0 Å². The Morgan fingerprint density at radius 2 is 2.25 bits per heavy atom. The summed E-state index contributed by atoms with van der Waals surface area (Å²) in [6.07, 6.45) is 0.153. The van der Waals surface area contributed by atoms with Gasteiger partial charge in [-0.1, -0.05) is 27.5 Å². The third-order valence-corrected chi connectivity index (χ3v) is 2.68. The Morgan fingerprint density at radius 1 is 1.56 bits per heavy atom. The molecule has 3 nitrogen and oxygen atoms in total. The second kappa shape index (κ2) is 6.23. The Balaban J connectivity index is 2.72. The number of hydrogen-bond donors (Lipinski definition) is 1. The van der Waals surface area contributed by atoms with E-state index in [0.717, 1.165) is 10.0 Å². The molecule has 1 aromatic carbocycles. The van der Waals surface area contributed by atoms with Crippen LogP contribution in [0.3, 0.4) is 0 Å². The Morgan fingerprint density at radius 3 is 2.81 bits per heavy atom. The van der Waals surface area contributed by atoms with Crippen molar-refractivity contribution in [2.75, 3.05) is 6.61 Å². The van der Waals surface area contributed by atoms with Crippen molar-refractivity contribution in [1.29, 1.82) is 0 Å². The standard InChI is InChI=1S/C11H13BrClNO2/c1-2-16-11(15)6-10(14)7-3-8(12)5-9(13)4-7/h3-5,10H,2,6,14H2,1H3/t10-/m1/s1. The van der Waals surface area contributed by atoms with E-state index in [1.165, 1.54) is 0 Å². The molecule has 1 rings (SSSR count). The van der Waals surface area contributed by atoms with Crippen LogP contribution in [0.4, 0.5) is 0 Å². The van der Waals surface area contributed by atoms with Gasteiger partial charge >= 0.3 is 5.97 Å². The van der Waals surface area contributed by atoms with E-state index in [2.05, 4.69) is 15.9 Å². The minimum absolute atomic E-state index is 0.153. The van der Waals surface area contributed by atoms with Gasteiger partial charge in [-0.05, 0) is 30.7 Å². The fourth-order valence-corrected chi connectivity index (χ4v) is 2.19. The Kier molecular flexibility index (Phi) is 5.25. The van der Waals surface area contributed by atoms with Crippen LogP contribution in [0.25, 0.3) is 0 Å². The minimum atomic E-state index is -0.394. The lowest BCUT2D eigenvalue weighted by molar-refractivity contribution is -0.143. The molecular weight excluding hydrogens is 293 g/mol. The van der Waals surface area contributed by atoms with Crippen molar-refractivity contribution in [1.82, 2.24) is 0 Å². The quantitative estimate of drug-likeness (QED) is 0.870. The summed E-state index contributed by atoms with van der Waals surface area (Å²) in [5.41, 5.74) is 6.70. The minimum Gasteiger partial charge on any atom is -0.466 e. The molecule has 16 heavy (non-hydrogen) atoms. The van der Waals surface area contributed by atoms with Crippen LogP contribution in [0.1, 0.15) is 24.9 Å². The first-order valence-electron chi connectivity index (χ1n) is 4.90. The van der Waals surface area contributed by atoms with Crippen LogP contribution in [0.15, 0.2) is 22.7 Å². The van der Waals surface area contributed by atoms with Crippen molar-refractivity contribution in [3.63, 3.8) is 0 Å². The molecule has 0 saturated carbocycles. The largest absolute Gasteiger partial charge is 0.466 e. The molecular formula is C11H13BrClNO2. The summed E-state index contributed by atoms with van der Waals surface area (Å²) in [4.78, 5) is 11.2. The van der Waals surface area contributed by atoms with Crippen molar-refractivity contribution >= 4 is 33.5 Å². The molecule has 5 heteroatoms. The topological polar surface area (TPSA) is 52.3 Å². The lowest BCUT2D eigenvalue weighted by atomic mass is 10.1. The average molecular weight is 307 g/mol. The smallest absolute Gasteiger partial charge is 0.307 e. The molecule has 0 amide bonds. The molecule has 0 aromatic heterocycles. The number of halogens is 2.